The molecule has 1 aliphatic heterocycles. The van der Waals surface area contributed by atoms with Crippen LogP contribution in [0.1, 0.15) is 32.6 Å². The molecule has 1 amide bonds. The first kappa shape index (κ1) is 18.5. The molecule has 0 saturated carbocycles. The molecule has 0 radical (unpaired) electrons. The third-order valence-electron chi connectivity index (χ3n) is 4.64. The number of aryl methyl sites for hydroxylation is 1. The quantitative estimate of drug-likeness (QED) is 0.761. The van der Waals surface area contributed by atoms with Crippen LogP contribution in [0, 0.1) is 19.7 Å². The Kier molecular flexibility index (Phi) is 4.83. The zero-order valence-electron chi connectivity index (χ0n) is 14.5. The van der Waals surface area contributed by atoms with Gasteiger partial charge in [0.25, 0.3) is 5.91 Å². The van der Waals surface area contributed by atoms with Crippen molar-refractivity contribution in [3.63, 3.8) is 0 Å². The van der Waals surface area contributed by atoms with E-state index in [1.165, 1.54) is 12.1 Å². The van der Waals surface area contributed by atoms with Crippen LogP contribution < -0.4 is 15.8 Å². The topological polar surface area (TPSA) is 101 Å². The van der Waals surface area contributed by atoms with Gasteiger partial charge in [-0.1, -0.05) is 6.07 Å². The predicted octanol–water partition coefficient (Wildman–Crippen LogP) is 1.99. The van der Waals surface area contributed by atoms with Crippen molar-refractivity contribution in [1.82, 2.24) is 5.32 Å². The maximum absolute atomic E-state index is 14.7. The number of nitrogens with two attached hydrogens (primary N) is 1. The monoisotopic (exact) mass is 377 g/mol. The number of fused-ring (bicyclic) bond motifs is 1. The molecule has 4 N–H and O–H groups in total. The number of anilines is 1. The van der Waals surface area contributed by atoms with Gasteiger partial charge in [-0.3, -0.25) is 4.79 Å². The fourth-order valence-electron chi connectivity index (χ4n) is 3.08. The summed E-state index contributed by atoms with van der Waals surface area (Å²) >= 11 is 0. The molecule has 0 spiro atoms. The van der Waals surface area contributed by atoms with Gasteiger partial charge in [0.2, 0.25) is 10.0 Å². The fraction of sp³-hybridized carbons (Fsp3) is 0.278. The molecule has 1 aliphatic rings. The van der Waals surface area contributed by atoms with Crippen LogP contribution in [0.4, 0.5) is 10.1 Å². The Labute approximate surface area is 151 Å². The normalized spacial score (nSPS) is 14.0. The second-order valence-electron chi connectivity index (χ2n) is 6.41. The Morgan fingerprint density at radius 3 is 2.69 bits per heavy atom. The van der Waals surface area contributed by atoms with Crippen LogP contribution in [0.25, 0.3) is 0 Å². The lowest BCUT2D eigenvalue weighted by Gasteiger charge is -2.19. The number of sulfonamides is 1. The molecule has 0 aliphatic carbocycles. The Bertz CT molecular complexity index is 1000. The van der Waals surface area contributed by atoms with E-state index in [2.05, 4.69) is 10.6 Å². The molecular formula is C18H20FN3O3S. The van der Waals surface area contributed by atoms with E-state index in [0.717, 1.165) is 5.56 Å². The number of halogens is 1. The molecule has 2 aromatic rings. The maximum Gasteiger partial charge on any atom is 0.255 e. The average Bonchev–Trinajstić information content (AvgIpc) is 2.58. The van der Waals surface area contributed by atoms with Crippen molar-refractivity contribution < 1.29 is 17.6 Å². The molecule has 0 fully saturated rings. The highest BCUT2D eigenvalue weighted by molar-refractivity contribution is 7.89. The molecule has 1 heterocycles. The molecule has 3 rings (SSSR count). The zero-order chi connectivity index (χ0) is 19.1. The van der Waals surface area contributed by atoms with E-state index in [0.29, 0.717) is 36.2 Å². The highest BCUT2D eigenvalue weighted by Crippen LogP contribution is 2.26. The lowest BCUT2D eigenvalue weighted by Crippen LogP contribution is -2.25. The minimum atomic E-state index is -3.97. The Hall–Kier alpha value is -2.29. The minimum absolute atomic E-state index is 0.0750. The molecule has 0 aromatic heterocycles. The minimum Gasteiger partial charge on any atom is -0.319 e. The van der Waals surface area contributed by atoms with Crippen LogP contribution in [0.2, 0.25) is 0 Å². The van der Waals surface area contributed by atoms with Crippen molar-refractivity contribution in [3.05, 3.63) is 57.9 Å². The number of rotatable bonds is 3. The van der Waals surface area contributed by atoms with Crippen LogP contribution in [0.15, 0.2) is 29.2 Å². The number of nitrogens with one attached hydrogen (secondary N) is 2. The standard InChI is InChI=1S/C18H20FN3O3S/c1-10-7-13(8-16(11(10)2)26(20,24)25)18(23)22-15-4-3-12-9-21-6-5-14(12)17(15)19/h3-4,7-8,21H,5-6,9H2,1-2H3,(H,22,23)(H2,20,24,25). The van der Waals surface area contributed by atoms with Gasteiger partial charge in [0, 0.05) is 12.1 Å². The molecular weight excluding hydrogens is 357 g/mol. The summed E-state index contributed by atoms with van der Waals surface area (Å²) in [6, 6.07) is 6.06. The summed E-state index contributed by atoms with van der Waals surface area (Å²) in [5.41, 5.74) is 2.73. The molecule has 138 valence electrons. The molecule has 0 atom stereocenters. The molecule has 0 bridgehead atoms. The molecule has 6 nitrogen and oxygen atoms in total. The van der Waals surface area contributed by atoms with Gasteiger partial charge < -0.3 is 10.6 Å². The summed E-state index contributed by atoms with van der Waals surface area (Å²) in [6.45, 7) is 4.58. The first-order valence-electron chi connectivity index (χ1n) is 8.15. The molecule has 26 heavy (non-hydrogen) atoms. The third kappa shape index (κ3) is 3.48. The highest BCUT2D eigenvalue weighted by Gasteiger charge is 2.20. The first-order chi connectivity index (χ1) is 12.2. The number of benzene rings is 2. The number of carbonyl (C=O) groups is 1. The van der Waals surface area contributed by atoms with Gasteiger partial charge in [0.1, 0.15) is 5.82 Å². The van der Waals surface area contributed by atoms with E-state index in [-0.39, 0.29) is 16.1 Å². The van der Waals surface area contributed by atoms with Crippen molar-refractivity contribution in [1.29, 1.82) is 0 Å². The third-order valence-corrected chi connectivity index (χ3v) is 5.68. The van der Waals surface area contributed by atoms with Gasteiger partial charge in [-0.15, -0.1) is 0 Å². The van der Waals surface area contributed by atoms with E-state index in [1.54, 1.807) is 26.0 Å². The highest BCUT2D eigenvalue weighted by atomic mass is 32.2. The fourth-order valence-corrected chi connectivity index (χ4v) is 3.96. The maximum atomic E-state index is 14.7. The molecule has 0 unspecified atom stereocenters. The van der Waals surface area contributed by atoms with Gasteiger partial charge >= 0.3 is 0 Å². The largest absolute Gasteiger partial charge is 0.319 e. The smallest absolute Gasteiger partial charge is 0.255 e. The summed E-state index contributed by atoms with van der Waals surface area (Å²) in [6.07, 6.45) is 0.546. The van der Waals surface area contributed by atoms with Crippen molar-refractivity contribution >= 4 is 21.6 Å². The van der Waals surface area contributed by atoms with Crippen LogP contribution in [-0.4, -0.2) is 20.9 Å². The molecule has 8 heteroatoms. The van der Waals surface area contributed by atoms with Crippen molar-refractivity contribution in [2.24, 2.45) is 5.14 Å². The van der Waals surface area contributed by atoms with E-state index in [4.69, 9.17) is 5.14 Å². The Balaban J connectivity index is 1.96. The number of hydrogen-bond acceptors (Lipinski definition) is 4. The summed E-state index contributed by atoms with van der Waals surface area (Å²) in [4.78, 5) is 12.4. The second kappa shape index (κ2) is 6.79. The van der Waals surface area contributed by atoms with Crippen LogP contribution in [0.3, 0.4) is 0 Å². The summed E-state index contributed by atoms with van der Waals surface area (Å²) in [5, 5.41) is 10.9. The van der Waals surface area contributed by atoms with E-state index in [9.17, 15) is 17.6 Å². The first-order valence-corrected chi connectivity index (χ1v) is 9.69. The lowest BCUT2D eigenvalue weighted by atomic mass is 9.99. The predicted molar refractivity (Wildman–Crippen MR) is 97.1 cm³/mol. The van der Waals surface area contributed by atoms with Crippen LogP contribution in [-0.2, 0) is 23.0 Å². The summed E-state index contributed by atoms with van der Waals surface area (Å²) < 4.78 is 38.2. The number of carbonyl (C=O) groups excluding carboxylic acids is 1. The number of primary sulfonamides is 1. The summed E-state index contributed by atoms with van der Waals surface area (Å²) in [5.74, 6) is -1.04. The summed E-state index contributed by atoms with van der Waals surface area (Å²) in [7, 11) is -3.97. The van der Waals surface area contributed by atoms with E-state index in [1.807, 2.05) is 0 Å². The van der Waals surface area contributed by atoms with Crippen molar-refractivity contribution in [3.8, 4) is 0 Å². The van der Waals surface area contributed by atoms with Gasteiger partial charge in [-0.05, 0) is 67.3 Å². The van der Waals surface area contributed by atoms with E-state index < -0.39 is 21.7 Å². The Morgan fingerprint density at radius 2 is 2.00 bits per heavy atom. The van der Waals surface area contributed by atoms with Crippen molar-refractivity contribution in [2.45, 2.75) is 31.7 Å². The van der Waals surface area contributed by atoms with Gasteiger partial charge in [0.15, 0.2) is 0 Å². The number of amides is 1. The SMILES string of the molecule is Cc1cc(C(=O)Nc2ccc3c(c2F)CCNC3)cc(S(N)(=O)=O)c1C. The van der Waals surface area contributed by atoms with Crippen LogP contribution in [0.5, 0.6) is 0 Å². The zero-order valence-corrected chi connectivity index (χ0v) is 15.3. The van der Waals surface area contributed by atoms with Gasteiger partial charge in [0.05, 0.1) is 10.6 Å². The lowest BCUT2D eigenvalue weighted by molar-refractivity contribution is 0.102. The second-order valence-corrected chi connectivity index (χ2v) is 7.94. The molecule has 0 saturated heterocycles. The average molecular weight is 377 g/mol. The Morgan fingerprint density at radius 1 is 1.27 bits per heavy atom. The van der Waals surface area contributed by atoms with E-state index >= 15 is 0 Å². The van der Waals surface area contributed by atoms with Crippen LogP contribution >= 0.6 is 0 Å². The molecule has 2 aromatic carbocycles. The van der Waals surface area contributed by atoms with Crippen molar-refractivity contribution in [2.75, 3.05) is 11.9 Å². The van der Waals surface area contributed by atoms with Gasteiger partial charge in [-0.2, -0.15) is 0 Å². The number of hydrogen-bond donors (Lipinski definition) is 3. The van der Waals surface area contributed by atoms with Gasteiger partial charge in [-0.25, -0.2) is 17.9 Å².